The number of aryl methyl sites for hydroxylation is 2. The topological polar surface area (TPSA) is 99.2 Å². The molecule has 4 aromatic rings. The highest BCUT2D eigenvalue weighted by Gasteiger charge is 2.56. The number of hydrogen-bond donors (Lipinski definition) is 0. The van der Waals surface area contributed by atoms with Gasteiger partial charge < -0.3 is 9.47 Å². The first-order valence-corrected chi connectivity index (χ1v) is 26.3. The average molecular weight is 930 g/mol. The van der Waals surface area contributed by atoms with Gasteiger partial charge in [0.25, 0.3) is 10.1 Å². The van der Waals surface area contributed by atoms with Gasteiger partial charge in [-0.2, -0.15) is 8.42 Å². The molecule has 4 aromatic carbocycles. The third-order valence-corrected chi connectivity index (χ3v) is 13.4. The van der Waals surface area contributed by atoms with Gasteiger partial charge >= 0.3 is 11.9 Å². The van der Waals surface area contributed by atoms with Gasteiger partial charge in [-0.1, -0.05) is 138 Å². The van der Waals surface area contributed by atoms with Crippen molar-refractivity contribution in [2.75, 3.05) is 19.5 Å². The first kappa shape index (κ1) is 52.5. The van der Waals surface area contributed by atoms with Crippen molar-refractivity contribution in [3.05, 3.63) is 119 Å². The Labute approximate surface area is 393 Å². The Bertz CT molecular complexity index is 2220. The minimum Gasteiger partial charge on any atom is -0.465 e. The molecule has 0 saturated heterocycles. The number of ether oxygens (including phenoxy) is 2. The van der Waals surface area contributed by atoms with Crippen LogP contribution in [-0.2, 0) is 59.4 Å². The van der Waals surface area contributed by atoms with Crippen LogP contribution in [0.2, 0.25) is 0 Å². The van der Waals surface area contributed by atoms with Gasteiger partial charge in [-0.15, -0.1) is 0 Å². The number of unbranched alkanes of at least 4 members (excludes halogenated alkanes) is 8. The van der Waals surface area contributed by atoms with Crippen LogP contribution in [0.3, 0.4) is 0 Å². The fourth-order valence-electron chi connectivity index (χ4n) is 8.98. The fraction of sp³-hybridized carbons (Fsp3) is 0.527. The van der Waals surface area contributed by atoms with Crippen molar-refractivity contribution >= 4 is 22.1 Å². The van der Waals surface area contributed by atoms with Crippen molar-refractivity contribution in [2.24, 2.45) is 5.41 Å². The molecule has 2 saturated carbocycles. The Morgan fingerprint density at radius 2 is 1.06 bits per heavy atom. The van der Waals surface area contributed by atoms with E-state index >= 15 is 4.39 Å². The average Bonchev–Trinajstić information content (AvgIpc) is 4.05. The van der Waals surface area contributed by atoms with Gasteiger partial charge in [-0.05, 0) is 117 Å². The summed E-state index contributed by atoms with van der Waals surface area (Å²) in [6.07, 6.45) is 19.3. The van der Waals surface area contributed by atoms with Crippen LogP contribution in [0.1, 0.15) is 146 Å². The first-order chi connectivity index (χ1) is 31.8. The van der Waals surface area contributed by atoms with E-state index in [1.807, 2.05) is 36.4 Å². The minimum atomic E-state index is -3.54. The number of hydrogen-bond acceptors (Lipinski definition) is 8. The van der Waals surface area contributed by atoms with E-state index in [0.29, 0.717) is 48.5 Å². The van der Waals surface area contributed by atoms with E-state index in [2.05, 4.69) is 43.0 Å². The molecule has 0 heterocycles. The summed E-state index contributed by atoms with van der Waals surface area (Å²) in [5.74, 6) is -1.57. The number of rotatable bonds is 25. The molecular formula is C55H73F2NO7S. The Morgan fingerprint density at radius 3 is 1.50 bits per heavy atom. The molecule has 0 aliphatic heterocycles. The van der Waals surface area contributed by atoms with E-state index in [-0.39, 0.29) is 37.5 Å². The number of halogens is 2. The van der Waals surface area contributed by atoms with Crippen LogP contribution in [0.4, 0.5) is 8.78 Å². The third kappa shape index (κ3) is 15.8. The van der Waals surface area contributed by atoms with E-state index in [1.165, 1.54) is 81.4 Å². The summed E-state index contributed by atoms with van der Waals surface area (Å²) in [6.45, 7) is 8.83. The molecule has 1 atom stereocenters. The van der Waals surface area contributed by atoms with Crippen LogP contribution in [0, 0.1) is 17.0 Å². The standard InChI is InChI=1S/C34H46FNO4.C21H27FO3S/c1-4-7-8-9-10-11-25-12-15-27(16-13-25)30-19-14-26(22-31(30)35)24-36(28-17-18-28)29-20-21-34(23-29,32(37)39-5-2)33(38)40-6-3;1-3-4-5-6-7-8-17-9-12-19(13-10-17)20-14-11-18(15-21(20)22)16-25-26(2,23)24/h12-16,19,22,28-29H,4-11,17-18,20-21,23-24H2,1-3H3;9-15H,3-8,16H2,1-2H3. The van der Waals surface area contributed by atoms with Crippen molar-refractivity contribution in [2.45, 2.75) is 162 Å². The maximum atomic E-state index is 15.4. The molecule has 2 aliphatic carbocycles. The summed E-state index contributed by atoms with van der Waals surface area (Å²) in [7, 11) is -3.54. The molecule has 0 amide bonds. The van der Waals surface area contributed by atoms with E-state index in [9.17, 15) is 22.4 Å². The zero-order valence-corrected chi connectivity index (χ0v) is 40.9. The van der Waals surface area contributed by atoms with E-state index in [0.717, 1.165) is 48.6 Å². The van der Waals surface area contributed by atoms with Gasteiger partial charge in [0.2, 0.25) is 0 Å². The maximum absolute atomic E-state index is 15.4. The molecule has 66 heavy (non-hydrogen) atoms. The van der Waals surface area contributed by atoms with Crippen LogP contribution in [-0.4, -0.2) is 56.8 Å². The summed E-state index contributed by atoms with van der Waals surface area (Å²) >= 11 is 0. The highest BCUT2D eigenvalue weighted by atomic mass is 32.2. The molecule has 0 N–H and O–H groups in total. The molecule has 0 bridgehead atoms. The van der Waals surface area contributed by atoms with Crippen LogP contribution < -0.4 is 0 Å². The number of carbonyl (C=O) groups excluding carboxylic acids is 2. The molecule has 0 aromatic heterocycles. The molecule has 8 nitrogen and oxygen atoms in total. The SMILES string of the molecule is CCCCCCCc1ccc(-c2ccc(CN(C3CC3)C3CCC(C(=O)OCC)(C(=O)OCC)C3)cc2F)cc1.CCCCCCCc1ccc(-c2ccc(COS(C)(=O)=O)cc2F)cc1. The minimum absolute atomic E-state index is 0.0403. The number of esters is 2. The number of benzene rings is 4. The summed E-state index contributed by atoms with van der Waals surface area (Å²) in [6, 6.07) is 26.9. The largest absolute Gasteiger partial charge is 0.465 e. The van der Waals surface area contributed by atoms with Crippen LogP contribution in [0.25, 0.3) is 22.3 Å². The van der Waals surface area contributed by atoms with Crippen molar-refractivity contribution in [3.63, 3.8) is 0 Å². The first-order valence-electron chi connectivity index (χ1n) is 24.5. The van der Waals surface area contributed by atoms with Crippen LogP contribution in [0.5, 0.6) is 0 Å². The van der Waals surface area contributed by atoms with Crippen molar-refractivity contribution < 1.29 is 40.4 Å². The summed E-state index contributed by atoms with van der Waals surface area (Å²) < 4.78 is 67.1. The van der Waals surface area contributed by atoms with Gasteiger partial charge in [0.1, 0.15) is 11.6 Å². The monoisotopic (exact) mass is 930 g/mol. The second-order valence-corrected chi connectivity index (χ2v) is 19.8. The predicted octanol–water partition coefficient (Wildman–Crippen LogP) is 13.1. The third-order valence-electron chi connectivity index (χ3n) is 12.8. The highest BCUT2D eigenvalue weighted by molar-refractivity contribution is 7.85. The van der Waals surface area contributed by atoms with Gasteiger partial charge in [-0.25, -0.2) is 8.78 Å². The molecule has 6 rings (SSSR count). The zero-order valence-electron chi connectivity index (χ0n) is 40.1. The quantitative estimate of drug-likeness (QED) is 0.0280. The Balaban J connectivity index is 0.000000272. The van der Waals surface area contributed by atoms with Crippen molar-refractivity contribution in [1.82, 2.24) is 4.90 Å². The molecule has 2 aliphatic rings. The van der Waals surface area contributed by atoms with E-state index in [1.54, 1.807) is 32.0 Å². The second-order valence-electron chi connectivity index (χ2n) is 18.1. The van der Waals surface area contributed by atoms with Gasteiger partial charge in [0.15, 0.2) is 5.41 Å². The lowest BCUT2D eigenvalue weighted by Crippen LogP contribution is -2.43. The Morgan fingerprint density at radius 1 is 0.606 bits per heavy atom. The smallest absolute Gasteiger partial charge is 0.323 e. The maximum Gasteiger partial charge on any atom is 0.323 e. The summed E-state index contributed by atoms with van der Waals surface area (Å²) in [4.78, 5) is 28.2. The van der Waals surface area contributed by atoms with Gasteiger partial charge in [0, 0.05) is 29.8 Å². The van der Waals surface area contributed by atoms with E-state index < -0.39 is 27.5 Å². The van der Waals surface area contributed by atoms with E-state index in [4.69, 9.17) is 13.7 Å². The highest BCUT2D eigenvalue weighted by Crippen LogP contribution is 2.46. The number of nitrogens with zero attached hydrogens (tertiary/aromatic N) is 1. The van der Waals surface area contributed by atoms with Crippen molar-refractivity contribution in [3.8, 4) is 22.3 Å². The normalized spacial score (nSPS) is 15.6. The van der Waals surface area contributed by atoms with Crippen LogP contribution >= 0.6 is 0 Å². The molecule has 360 valence electrons. The molecule has 0 radical (unpaired) electrons. The molecule has 11 heteroatoms. The molecule has 2 fully saturated rings. The van der Waals surface area contributed by atoms with Crippen LogP contribution in [0.15, 0.2) is 84.9 Å². The number of carbonyl (C=O) groups is 2. The lowest BCUT2D eigenvalue weighted by atomic mass is 9.86. The van der Waals surface area contributed by atoms with Gasteiger partial charge in [0.05, 0.1) is 26.1 Å². The lowest BCUT2D eigenvalue weighted by molar-refractivity contribution is -0.172. The lowest BCUT2D eigenvalue weighted by Gasteiger charge is -2.31. The summed E-state index contributed by atoms with van der Waals surface area (Å²) in [5.41, 5.74) is 5.53. The zero-order chi connectivity index (χ0) is 47.5. The molecule has 1 unspecified atom stereocenters. The molecular weight excluding hydrogens is 857 g/mol. The van der Waals surface area contributed by atoms with Crippen molar-refractivity contribution in [1.29, 1.82) is 0 Å². The summed E-state index contributed by atoms with van der Waals surface area (Å²) in [5, 5.41) is 0. The second kappa shape index (κ2) is 26.2. The Kier molecular flexibility index (Phi) is 20.8. The Hall–Kier alpha value is -4.45. The predicted molar refractivity (Wildman–Crippen MR) is 260 cm³/mol. The van der Waals surface area contributed by atoms with Gasteiger partial charge in [-0.3, -0.25) is 18.7 Å². The fourth-order valence-corrected chi connectivity index (χ4v) is 9.33. The molecule has 0 spiro atoms.